The van der Waals surface area contributed by atoms with E-state index < -0.39 is 46.1 Å². The predicted octanol–water partition coefficient (Wildman–Crippen LogP) is 3.93. The van der Waals surface area contributed by atoms with Crippen molar-refractivity contribution in [1.82, 2.24) is 0 Å². The van der Waals surface area contributed by atoms with Gasteiger partial charge in [-0.05, 0) is 12.1 Å². The highest BCUT2D eigenvalue weighted by Gasteiger charge is 2.24. The lowest BCUT2D eigenvalue weighted by Gasteiger charge is -2.17. The van der Waals surface area contributed by atoms with Gasteiger partial charge in [0.15, 0.2) is 17.5 Å². The van der Waals surface area contributed by atoms with E-state index in [1.54, 1.807) is 30.3 Å². The molecule has 7 heteroatoms. The summed E-state index contributed by atoms with van der Waals surface area (Å²) in [6, 6.07) is 10.1. The zero-order valence-electron chi connectivity index (χ0n) is 12.4. The lowest BCUT2D eigenvalue weighted by molar-refractivity contribution is -0.0600. The van der Waals surface area contributed by atoms with Gasteiger partial charge >= 0.3 is 5.63 Å². The van der Waals surface area contributed by atoms with Crippen LogP contribution in [0.25, 0.3) is 11.0 Å². The fraction of sp³-hybridized carbons (Fsp3) is 0.118. The molecule has 24 heavy (non-hydrogen) atoms. The summed E-state index contributed by atoms with van der Waals surface area (Å²) >= 11 is 0. The molecule has 1 heterocycles. The number of methoxy groups -OCH3 is 1. The van der Waals surface area contributed by atoms with Gasteiger partial charge in [-0.2, -0.15) is 0 Å². The largest absolute Gasteiger partial charge is 0.450 e. The summed E-state index contributed by atoms with van der Waals surface area (Å²) in [6.45, 7) is 0. The first-order valence-electron chi connectivity index (χ1n) is 6.87. The van der Waals surface area contributed by atoms with Crippen LogP contribution in [0.3, 0.4) is 0 Å². The van der Waals surface area contributed by atoms with Crippen LogP contribution < -0.4 is 10.4 Å². The number of hydrogen-bond donors (Lipinski definition) is 0. The van der Waals surface area contributed by atoms with Crippen LogP contribution in [0.5, 0.6) is 5.75 Å². The molecule has 124 valence electrons. The molecule has 0 saturated heterocycles. The molecule has 0 aliphatic heterocycles. The normalized spacial score (nSPS) is 12.3. The molecular formula is C17H11F3O4. The molecule has 0 bridgehead atoms. The van der Waals surface area contributed by atoms with Crippen LogP contribution in [0.4, 0.5) is 13.2 Å². The van der Waals surface area contributed by atoms with Crippen molar-refractivity contribution < 1.29 is 27.1 Å². The molecule has 4 nitrogen and oxygen atoms in total. The van der Waals surface area contributed by atoms with E-state index >= 15 is 0 Å². The van der Waals surface area contributed by atoms with Crippen molar-refractivity contribution >= 4 is 11.0 Å². The Hall–Kier alpha value is -2.80. The Morgan fingerprint density at radius 2 is 1.71 bits per heavy atom. The standard InChI is InChI=1S/C17H11F3O4/c1-22-17(9-5-3-2-4-6-9)24-15-14(20)12-11(23-16(15)21)8-7-10(18)13(12)19/h2-8,17H,1H3. The second-order valence-electron chi connectivity index (χ2n) is 4.86. The number of benzene rings is 2. The SMILES string of the molecule is COC(Oc1c(F)c2c(F)c(F)ccc2oc1=O)c1ccccc1. The van der Waals surface area contributed by atoms with E-state index in [2.05, 4.69) is 0 Å². The topological polar surface area (TPSA) is 48.7 Å². The predicted molar refractivity (Wildman–Crippen MR) is 79.2 cm³/mol. The third-order valence-corrected chi connectivity index (χ3v) is 3.37. The van der Waals surface area contributed by atoms with Crippen LogP contribution in [-0.2, 0) is 4.74 Å². The summed E-state index contributed by atoms with van der Waals surface area (Å²) in [7, 11) is 1.29. The highest BCUT2D eigenvalue weighted by molar-refractivity contribution is 5.79. The van der Waals surface area contributed by atoms with Gasteiger partial charge in [0.1, 0.15) is 5.58 Å². The maximum absolute atomic E-state index is 14.5. The van der Waals surface area contributed by atoms with Gasteiger partial charge in [0.05, 0.1) is 5.39 Å². The van der Waals surface area contributed by atoms with E-state index in [9.17, 15) is 18.0 Å². The van der Waals surface area contributed by atoms with E-state index in [0.29, 0.717) is 5.56 Å². The molecule has 3 aromatic rings. The molecule has 1 aromatic heterocycles. The minimum Gasteiger partial charge on any atom is -0.450 e. The van der Waals surface area contributed by atoms with E-state index in [1.165, 1.54) is 7.11 Å². The Kier molecular flexibility index (Phi) is 4.26. The molecule has 0 fully saturated rings. The first kappa shape index (κ1) is 16.1. The summed E-state index contributed by atoms with van der Waals surface area (Å²) in [5.41, 5.74) is -1.08. The van der Waals surface area contributed by atoms with E-state index in [4.69, 9.17) is 13.9 Å². The number of fused-ring (bicyclic) bond motifs is 1. The fourth-order valence-electron chi connectivity index (χ4n) is 2.24. The molecule has 0 amide bonds. The minimum atomic E-state index is -1.47. The maximum atomic E-state index is 14.5. The van der Waals surface area contributed by atoms with Crippen molar-refractivity contribution in [3.63, 3.8) is 0 Å². The van der Waals surface area contributed by atoms with Gasteiger partial charge in [-0.25, -0.2) is 18.0 Å². The quantitative estimate of drug-likeness (QED) is 0.535. The third kappa shape index (κ3) is 2.74. The van der Waals surface area contributed by atoms with Crippen LogP contribution in [0.1, 0.15) is 11.9 Å². The second kappa shape index (κ2) is 6.37. The smallest absolute Gasteiger partial charge is 0.382 e. The molecule has 3 rings (SSSR count). The summed E-state index contributed by atoms with van der Waals surface area (Å²) in [4.78, 5) is 11.9. The minimum absolute atomic E-state index is 0.419. The summed E-state index contributed by atoms with van der Waals surface area (Å²) < 4.78 is 56.8. The van der Waals surface area contributed by atoms with E-state index in [1.807, 2.05) is 0 Å². The van der Waals surface area contributed by atoms with Gasteiger partial charge in [0, 0.05) is 12.7 Å². The van der Waals surface area contributed by atoms with Gasteiger partial charge in [-0.15, -0.1) is 0 Å². The van der Waals surface area contributed by atoms with Gasteiger partial charge in [-0.3, -0.25) is 0 Å². The van der Waals surface area contributed by atoms with E-state index in [0.717, 1.165) is 12.1 Å². The van der Waals surface area contributed by atoms with Crippen LogP contribution in [0.2, 0.25) is 0 Å². The summed E-state index contributed by atoms with van der Waals surface area (Å²) in [5.74, 6) is -4.97. The molecule has 1 atom stereocenters. The Labute approximate surface area is 134 Å². The lowest BCUT2D eigenvalue weighted by atomic mass is 10.2. The molecule has 0 N–H and O–H groups in total. The molecular weight excluding hydrogens is 325 g/mol. The Morgan fingerprint density at radius 3 is 2.38 bits per heavy atom. The first-order chi connectivity index (χ1) is 11.5. The monoisotopic (exact) mass is 336 g/mol. The van der Waals surface area contributed by atoms with Crippen molar-refractivity contribution in [2.75, 3.05) is 7.11 Å². The highest BCUT2D eigenvalue weighted by atomic mass is 19.2. The number of rotatable bonds is 4. The zero-order chi connectivity index (χ0) is 17.3. The van der Waals surface area contributed by atoms with Gasteiger partial charge in [-0.1, -0.05) is 30.3 Å². The van der Waals surface area contributed by atoms with Gasteiger partial charge in [0.2, 0.25) is 12.0 Å². The van der Waals surface area contributed by atoms with Crippen LogP contribution in [0, 0.1) is 17.5 Å². The third-order valence-electron chi connectivity index (χ3n) is 3.37. The number of halogens is 3. The molecule has 0 aliphatic carbocycles. The second-order valence-corrected chi connectivity index (χ2v) is 4.86. The molecule has 1 unspecified atom stereocenters. The molecule has 0 aliphatic rings. The Bertz CT molecular complexity index is 938. The molecule has 0 spiro atoms. The van der Waals surface area contributed by atoms with Crippen LogP contribution >= 0.6 is 0 Å². The van der Waals surface area contributed by atoms with Crippen LogP contribution in [-0.4, -0.2) is 7.11 Å². The van der Waals surface area contributed by atoms with Crippen molar-refractivity contribution in [3.8, 4) is 5.75 Å². The van der Waals surface area contributed by atoms with Crippen LogP contribution in [0.15, 0.2) is 51.7 Å². The highest BCUT2D eigenvalue weighted by Crippen LogP contribution is 2.29. The molecule has 2 aromatic carbocycles. The van der Waals surface area contributed by atoms with Gasteiger partial charge in [0.25, 0.3) is 0 Å². The Morgan fingerprint density at radius 1 is 1.00 bits per heavy atom. The van der Waals surface area contributed by atoms with Crippen molar-refractivity contribution in [2.45, 2.75) is 6.29 Å². The van der Waals surface area contributed by atoms with Crippen molar-refractivity contribution in [1.29, 1.82) is 0 Å². The summed E-state index contributed by atoms with van der Waals surface area (Å²) in [6.07, 6.45) is -1.13. The van der Waals surface area contributed by atoms with Crippen molar-refractivity contribution in [3.05, 3.63) is 75.9 Å². The Balaban J connectivity index is 2.12. The fourth-order valence-corrected chi connectivity index (χ4v) is 2.24. The van der Waals surface area contributed by atoms with E-state index in [-0.39, 0.29) is 0 Å². The molecule has 0 saturated carbocycles. The molecule has 0 radical (unpaired) electrons. The summed E-state index contributed by atoms with van der Waals surface area (Å²) in [5, 5.41) is -0.799. The zero-order valence-corrected chi connectivity index (χ0v) is 12.4. The lowest BCUT2D eigenvalue weighted by Crippen LogP contribution is -2.16. The van der Waals surface area contributed by atoms with Gasteiger partial charge < -0.3 is 13.9 Å². The number of hydrogen-bond acceptors (Lipinski definition) is 4. The average molecular weight is 336 g/mol. The average Bonchev–Trinajstić information content (AvgIpc) is 2.59. The first-order valence-corrected chi connectivity index (χ1v) is 6.87. The number of ether oxygens (including phenoxy) is 2. The maximum Gasteiger partial charge on any atom is 0.382 e. The van der Waals surface area contributed by atoms with Crippen molar-refractivity contribution in [2.24, 2.45) is 0 Å².